The maximum absolute atomic E-state index is 15.5. The van der Waals surface area contributed by atoms with Crippen LogP contribution in [0.15, 0.2) is 12.3 Å². The van der Waals surface area contributed by atoms with Gasteiger partial charge in [-0.05, 0) is 18.9 Å². The van der Waals surface area contributed by atoms with Crippen LogP contribution in [0.3, 0.4) is 0 Å². The van der Waals surface area contributed by atoms with Gasteiger partial charge in [0.2, 0.25) is 0 Å². The van der Waals surface area contributed by atoms with E-state index in [-0.39, 0.29) is 35.9 Å². The third kappa shape index (κ3) is 3.35. The first kappa shape index (κ1) is 19.4. The summed E-state index contributed by atoms with van der Waals surface area (Å²) in [5.41, 5.74) is 3.46. The Morgan fingerprint density at radius 1 is 1.31 bits per heavy atom. The number of nitrogen functional groups attached to an aromatic ring is 1. The van der Waals surface area contributed by atoms with Gasteiger partial charge in [0.1, 0.15) is 27.7 Å². The van der Waals surface area contributed by atoms with Crippen LogP contribution in [0.25, 0.3) is 22.2 Å². The Morgan fingerprint density at radius 3 is 2.66 bits per heavy atom. The fourth-order valence-corrected chi connectivity index (χ4v) is 3.58. The molecule has 2 N–H and O–H groups in total. The smallest absolute Gasteiger partial charge is 0.384 e. The average Bonchev–Trinajstić information content (AvgIpc) is 3.37. The molecule has 1 fully saturated rings. The molecule has 0 saturated heterocycles. The molecule has 1 aliphatic carbocycles. The van der Waals surface area contributed by atoms with E-state index in [0.29, 0.717) is 5.39 Å². The van der Waals surface area contributed by atoms with Crippen molar-refractivity contribution in [1.29, 1.82) is 5.26 Å². The van der Waals surface area contributed by atoms with Crippen molar-refractivity contribution in [3.63, 3.8) is 0 Å². The molecule has 1 saturated carbocycles. The Labute approximate surface area is 166 Å². The Balaban J connectivity index is 2.06. The zero-order valence-corrected chi connectivity index (χ0v) is 15.5. The predicted molar refractivity (Wildman–Crippen MR) is 97.3 cm³/mol. The molecular formula is C18H13ClF4N6. The molecule has 0 radical (unpaired) electrons. The number of aryl methyl sites for hydroxylation is 1. The third-order valence-corrected chi connectivity index (χ3v) is 4.94. The van der Waals surface area contributed by atoms with E-state index in [1.807, 2.05) is 6.07 Å². The first-order chi connectivity index (χ1) is 13.7. The summed E-state index contributed by atoms with van der Waals surface area (Å²) >= 11 is 5.71. The lowest BCUT2D eigenvalue weighted by molar-refractivity contribution is -0.137. The number of rotatable bonds is 4. The van der Waals surface area contributed by atoms with E-state index in [9.17, 15) is 13.2 Å². The van der Waals surface area contributed by atoms with Crippen molar-refractivity contribution < 1.29 is 17.6 Å². The van der Waals surface area contributed by atoms with Gasteiger partial charge in [-0.1, -0.05) is 11.6 Å². The van der Waals surface area contributed by atoms with Crippen molar-refractivity contribution >= 4 is 28.3 Å². The second kappa shape index (κ2) is 6.84. The first-order valence-corrected chi connectivity index (χ1v) is 9.06. The number of nitriles is 1. The number of hydrogen-bond acceptors (Lipinski definition) is 5. The van der Waals surface area contributed by atoms with Crippen LogP contribution in [-0.4, -0.2) is 19.7 Å². The highest BCUT2D eigenvalue weighted by Gasteiger charge is 2.39. The van der Waals surface area contributed by atoms with Crippen LogP contribution in [0.5, 0.6) is 0 Å². The molecule has 0 atom stereocenters. The molecule has 3 heterocycles. The highest BCUT2D eigenvalue weighted by atomic mass is 35.5. The molecule has 29 heavy (non-hydrogen) atoms. The van der Waals surface area contributed by atoms with E-state index in [0.717, 1.165) is 18.9 Å². The van der Waals surface area contributed by atoms with E-state index in [2.05, 4.69) is 15.1 Å². The van der Waals surface area contributed by atoms with Crippen molar-refractivity contribution in [2.45, 2.75) is 37.9 Å². The lowest BCUT2D eigenvalue weighted by Crippen LogP contribution is -2.12. The molecule has 4 rings (SSSR count). The summed E-state index contributed by atoms with van der Waals surface area (Å²) in [5.74, 6) is -1.24. The summed E-state index contributed by atoms with van der Waals surface area (Å²) in [6.07, 6.45) is -1.69. The summed E-state index contributed by atoms with van der Waals surface area (Å²) in [7, 11) is 0. The van der Waals surface area contributed by atoms with Crippen molar-refractivity contribution in [2.75, 3.05) is 5.73 Å². The van der Waals surface area contributed by atoms with Crippen LogP contribution in [-0.2, 0) is 12.6 Å². The fourth-order valence-electron chi connectivity index (χ4n) is 3.28. The van der Waals surface area contributed by atoms with Crippen LogP contribution < -0.4 is 5.73 Å². The van der Waals surface area contributed by atoms with E-state index in [1.54, 1.807) is 0 Å². The zero-order chi connectivity index (χ0) is 20.9. The number of anilines is 1. The number of alkyl halides is 3. The van der Waals surface area contributed by atoms with Gasteiger partial charge in [0, 0.05) is 23.8 Å². The number of nitrogens with two attached hydrogens (primary N) is 1. The van der Waals surface area contributed by atoms with E-state index >= 15 is 4.39 Å². The molecule has 0 spiro atoms. The highest BCUT2D eigenvalue weighted by molar-refractivity contribution is 6.30. The molecule has 150 valence electrons. The van der Waals surface area contributed by atoms with Gasteiger partial charge < -0.3 is 5.73 Å². The summed E-state index contributed by atoms with van der Waals surface area (Å²) in [6, 6.07) is 2.84. The highest BCUT2D eigenvalue weighted by Crippen LogP contribution is 2.44. The largest absolute Gasteiger partial charge is 0.420 e. The molecule has 1 aliphatic rings. The third-order valence-electron chi connectivity index (χ3n) is 4.67. The minimum atomic E-state index is -4.90. The quantitative estimate of drug-likeness (QED) is 0.485. The molecule has 0 amide bonds. The Morgan fingerprint density at radius 2 is 2.03 bits per heavy atom. The molecular weight excluding hydrogens is 412 g/mol. The maximum atomic E-state index is 15.5. The molecule has 0 aromatic carbocycles. The second-order valence-corrected chi connectivity index (χ2v) is 7.08. The van der Waals surface area contributed by atoms with Gasteiger partial charge >= 0.3 is 6.18 Å². The van der Waals surface area contributed by atoms with Gasteiger partial charge in [0.15, 0.2) is 5.82 Å². The lowest BCUT2D eigenvalue weighted by atomic mass is 10.0. The zero-order valence-electron chi connectivity index (χ0n) is 14.8. The van der Waals surface area contributed by atoms with Gasteiger partial charge in [0.25, 0.3) is 0 Å². The van der Waals surface area contributed by atoms with Crippen LogP contribution in [0.1, 0.15) is 36.6 Å². The lowest BCUT2D eigenvalue weighted by Gasteiger charge is -2.16. The molecule has 0 aliphatic heterocycles. The van der Waals surface area contributed by atoms with E-state index < -0.39 is 34.0 Å². The van der Waals surface area contributed by atoms with E-state index in [1.165, 1.54) is 10.9 Å². The van der Waals surface area contributed by atoms with Gasteiger partial charge in [-0.25, -0.2) is 14.4 Å². The molecule has 3 aromatic rings. The van der Waals surface area contributed by atoms with Crippen molar-refractivity contribution in [3.05, 3.63) is 34.5 Å². The summed E-state index contributed by atoms with van der Waals surface area (Å²) < 4.78 is 57.9. The topological polar surface area (TPSA) is 93.4 Å². The Hall–Kier alpha value is -2.93. The molecule has 11 heteroatoms. The molecule has 0 unspecified atom stereocenters. The van der Waals surface area contributed by atoms with Gasteiger partial charge in [-0.15, -0.1) is 0 Å². The molecule has 0 bridgehead atoms. The van der Waals surface area contributed by atoms with Crippen molar-refractivity contribution in [2.24, 2.45) is 0 Å². The number of hydrogen-bond donors (Lipinski definition) is 1. The first-order valence-electron chi connectivity index (χ1n) is 8.68. The number of aromatic nitrogens is 4. The molecule has 6 nitrogen and oxygen atoms in total. The van der Waals surface area contributed by atoms with Gasteiger partial charge in [-0.2, -0.15) is 23.5 Å². The van der Waals surface area contributed by atoms with Crippen LogP contribution in [0.2, 0.25) is 5.15 Å². The Bertz CT molecular complexity index is 1160. The predicted octanol–water partition coefficient (Wildman–Crippen LogP) is 4.68. The van der Waals surface area contributed by atoms with Crippen LogP contribution >= 0.6 is 11.6 Å². The van der Waals surface area contributed by atoms with E-state index in [4.69, 9.17) is 22.6 Å². The normalized spacial score (nSPS) is 14.3. The van der Waals surface area contributed by atoms with Crippen LogP contribution in [0, 0.1) is 17.1 Å². The number of fused-ring (bicyclic) bond motifs is 1. The van der Waals surface area contributed by atoms with Crippen LogP contribution in [0.4, 0.5) is 23.4 Å². The fraction of sp³-hybridized carbons (Fsp3) is 0.333. The molecule has 3 aromatic heterocycles. The number of halogens is 5. The number of nitrogens with zero attached hydrogens (tertiary/aromatic N) is 5. The summed E-state index contributed by atoms with van der Waals surface area (Å²) in [4.78, 5) is 7.58. The van der Waals surface area contributed by atoms with Crippen molar-refractivity contribution in [1.82, 2.24) is 19.7 Å². The SMILES string of the molecule is N#CCCc1nc(-c2cc(N)nc(Cl)c2C(F)(F)F)c(F)c2c1cnn2C1CC1. The monoisotopic (exact) mass is 424 g/mol. The van der Waals surface area contributed by atoms with Gasteiger partial charge in [0.05, 0.1) is 24.0 Å². The maximum Gasteiger partial charge on any atom is 0.420 e. The Kier molecular flexibility index (Phi) is 4.58. The second-order valence-electron chi connectivity index (χ2n) is 6.72. The van der Waals surface area contributed by atoms with Crippen molar-refractivity contribution in [3.8, 4) is 17.3 Å². The minimum Gasteiger partial charge on any atom is -0.384 e. The minimum absolute atomic E-state index is 0.0192. The summed E-state index contributed by atoms with van der Waals surface area (Å²) in [5, 5.41) is 12.6. The number of pyridine rings is 2. The summed E-state index contributed by atoms with van der Waals surface area (Å²) in [6.45, 7) is 0. The standard InChI is InChI=1S/C18H13ClF4N6/c19-17-13(18(21,22)23)9(6-12(25)28-17)15-14(20)16-10(11(27-15)2-1-5-24)7-26-29(16)8-3-4-8/h6-8H,1-4H2,(H2,25,28). The van der Waals surface area contributed by atoms with Gasteiger partial charge in [-0.3, -0.25) is 4.68 Å². The average molecular weight is 425 g/mol.